The predicted molar refractivity (Wildman–Crippen MR) is 113 cm³/mol. The van der Waals surface area contributed by atoms with Crippen molar-refractivity contribution in [3.05, 3.63) is 90.5 Å². The van der Waals surface area contributed by atoms with Gasteiger partial charge in [0.05, 0.1) is 0 Å². The molecule has 0 bridgehead atoms. The van der Waals surface area contributed by atoms with Crippen molar-refractivity contribution < 1.29 is 9.84 Å². The molecule has 142 valence electrons. The second kappa shape index (κ2) is 10.7. The Morgan fingerprint density at radius 1 is 0.815 bits per heavy atom. The van der Waals surface area contributed by atoms with Crippen molar-refractivity contribution in [2.75, 3.05) is 13.2 Å². The zero-order valence-electron chi connectivity index (χ0n) is 15.4. The van der Waals surface area contributed by atoms with Crippen molar-refractivity contribution in [1.82, 2.24) is 5.32 Å². The fourth-order valence-electron chi connectivity index (χ4n) is 2.80. The summed E-state index contributed by atoms with van der Waals surface area (Å²) in [5.41, 5.74) is 3.53. The highest BCUT2D eigenvalue weighted by Gasteiger charge is 2.09. The van der Waals surface area contributed by atoms with Gasteiger partial charge in [0.25, 0.3) is 0 Å². The molecule has 2 N–H and O–H groups in total. The standard InChI is InChI=1S/C23H25NO2.ClH/c1-18(19-8-4-2-5-9-19)24-16-22(25)17-26-23-14-12-21(13-15-23)20-10-6-3-7-11-20;/h2-15,18,22,24-25H,16-17H2,1H3;1H. The first-order valence-electron chi connectivity index (χ1n) is 8.97. The molecule has 0 saturated heterocycles. The summed E-state index contributed by atoms with van der Waals surface area (Å²) >= 11 is 0. The Labute approximate surface area is 167 Å². The lowest BCUT2D eigenvalue weighted by atomic mass is 10.1. The van der Waals surface area contributed by atoms with E-state index in [-0.39, 0.29) is 25.1 Å². The maximum Gasteiger partial charge on any atom is 0.119 e. The number of ether oxygens (including phenoxy) is 1. The Balaban J connectivity index is 0.00000261. The molecular weight excluding hydrogens is 358 g/mol. The minimum atomic E-state index is -0.560. The van der Waals surface area contributed by atoms with Gasteiger partial charge in [-0.3, -0.25) is 0 Å². The van der Waals surface area contributed by atoms with Gasteiger partial charge in [0, 0.05) is 12.6 Å². The van der Waals surface area contributed by atoms with Crippen LogP contribution in [0.5, 0.6) is 5.75 Å². The van der Waals surface area contributed by atoms with Crippen LogP contribution in [0.15, 0.2) is 84.9 Å². The van der Waals surface area contributed by atoms with E-state index in [9.17, 15) is 5.11 Å². The molecule has 3 rings (SSSR count). The van der Waals surface area contributed by atoms with Crippen LogP contribution >= 0.6 is 12.4 Å². The highest BCUT2D eigenvalue weighted by atomic mass is 35.5. The number of rotatable bonds is 8. The number of aliphatic hydroxyl groups is 1. The monoisotopic (exact) mass is 383 g/mol. The normalized spacial score (nSPS) is 12.7. The largest absolute Gasteiger partial charge is 0.491 e. The van der Waals surface area contributed by atoms with Crippen molar-refractivity contribution in [2.24, 2.45) is 0 Å². The van der Waals surface area contributed by atoms with Crippen LogP contribution in [0.3, 0.4) is 0 Å². The predicted octanol–water partition coefficient (Wildman–Crippen LogP) is 4.87. The summed E-state index contributed by atoms with van der Waals surface area (Å²) in [6, 6.07) is 28.6. The summed E-state index contributed by atoms with van der Waals surface area (Å²) in [4.78, 5) is 0. The minimum absolute atomic E-state index is 0. The van der Waals surface area contributed by atoms with E-state index in [2.05, 4.69) is 36.5 Å². The summed E-state index contributed by atoms with van der Waals surface area (Å²) in [7, 11) is 0. The van der Waals surface area contributed by atoms with E-state index < -0.39 is 6.10 Å². The number of aliphatic hydroxyl groups excluding tert-OH is 1. The summed E-state index contributed by atoms with van der Waals surface area (Å²) in [6.45, 7) is 2.84. The maximum absolute atomic E-state index is 10.2. The van der Waals surface area contributed by atoms with Crippen molar-refractivity contribution in [3.63, 3.8) is 0 Å². The second-order valence-corrected chi connectivity index (χ2v) is 6.40. The van der Waals surface area contributed by atoms with E-state index in [1.165, 1.54) is 11.1 Å². The fraction of sp³-hybridized carbons (Fsp3) is 0.217. The topological polar surface area (TPSA) is 41.5 Å². The van der Waals surface area contributed by atoms with Crippen molar-refractivity contribution in [3.8, 4) is 16.9 Å². The molecule has 0 aliphatic heterocycles. The first-order chi connectivity index (χ1) is 12.7. The third-order valence-electron chi connectivity index (χ3n) is 4.36. The average molecular weight is 384 g/mol. The molecule has 27 heavy (non-hydrogen) atoms. The zero-order chi connectivity index (χ0) is 18.2. The molecule has 0 heterocycles. The molecule has 3 aromatic carbocycles. The average Bonchev–Trinajstić information content (AvgIpc) is 2.72. The number of halogens is 1. The van der Waals surface area contributed by atoms with E-state index in [4.69, 9.17) is 4.74 Å². The van der Waals surface area contributed by atoms with Crippen LogP contribution in [-0.4, -0.2) is 24.4 Å². The van der Waals surface area contributed by atoms with Gasteiger partial charge in [0.2, 0.25) is 0 Å². The third kappa shape index (κ3) is 6.40. The van der Waals surface area contributed by atoms with Crippen molar-refractivity contribution >= 4 is 12.4 Å². The molecular formula is C23H26ClNO2. The van der Waals surface area contributed by atoms with Crippen molar-refractivity contribution in [2.45, 2.75) is 19.1 Å². The Morgan fingerprint density at radius 3 is 2.00 bits per heavy atom. The van der Waals surface area contributed by atoms with Crippen LogP contribution in [0.2, 0.25) is 0 Å². The van der Waals surface area contributed by atoms with Gasteiger partial charge >= 0.3 is 0 Å². The number of hydrogen-bond acceptors (Lipinski definition) is 3. The molecule has 0 aliphatic carbocycles. The van der Waals surface area contributed by atoms with Gasteiger partial charge in [-0.15, -0.1) is 12.4 Å². The molecule has 0 amide bonds. The van der Waals surface area contributed by atoms with Crippen LogP contribution in [0.1, 0.15) is 18.5 Å². The number of hydrogen-bond donors (Lipinski definition) is 2. The van der Waals surface area contributed by atoms with Gasteiger partial charge in [-0.1, -0.05) is 72.8 Å². The molecule has 2 unspecified atom stereocenters. The molecule has 0 aromatic heterocycles. The van der Waals surface area contributed by atoms with E-state index in [1.54, 1.807) is 0 Å². The Bertz CT molecular complexity index is 778. The maximum atomic E-state index is 10.2. The summed E-state index contributed by atoms with van der Waals surface area (Å²) in [5, 5.41) is 13.5. The molecule has 3 aromatic rings. The van der Waals surface area contributed by atoms with Crippen LogP contribution in [0, 0.1) is 0 Å². The first kappa shape index (κ1) is 21.0. The smallest absolute Gasteiger partial charge is 0.119 e. The molecule has 0 spiro atoms. The van der Waals surface area contributed by atoms with E-state index in [0.717, 1.165) is 11.3 Å². The quantitative estimate of drug-likeness (QED) is 0.583. The SMILES string of the molecule is CC(NCC(O)COc1ccc(-c2ccccc2)cc1)c1ccccc1.Cl. The Kier molecular flexibility index (Phi) is 8.34. The summed E-state index contributed by atoms with van der Waals surface area (Å²) < 4.78 is 5.71. The molecule has 0 fully saturated rings. The van der Waals surface area contributed by atoms with Crippen LogP contribution in [0.4, 0.5) is 0 Å². The lowest BCUT2D eigenvalue weighted by molar-refractivity contribution is 0.104. The van der Waals surface area contributed by atoms with Crippen LogP contribution in [-0.2, 0) is 0 Å². The molecule has 2 atom stereocenters. The zero-order valence-corrected chi connectivity index (χ0v) is 16.2. The van der Waals surface area contributed by atoms with Gasteiger partial charge in [0.1, 0.15) is 18.5 Å². The second-order valence-electron chi connectivity index (χ2n) is 6.40. The van der Waals surface area contributed by atoms with Gasteiger partial charge in [-0.05, 0) is 35.7 Å². The number of benzene rings is 3. The molecule has 0 aliphatic rings. The molecule has 3 nitrogen and oxygen atoms in total. The molecule has 0 saturated carbocycles. The van der Waals surface area contributed by atoms with Crippen molar-refractivity contribution in [1.29, 1.82) is 0 Å². The summed E-state index contributed by atoms with van der Waals surface area (Å²) in [6.07, 6.45) is -0.560. The number of nitrogens with one attached hydrogen (secondary N) is 1. The minimum Gasteiger partial charge on any atom is -0.491 e. The lowest BCUT2D eigenvalue weighted by Crippen LogP contribution is -2.33. The first-order valence-corrected chi connectivity index (χ1v) is 8.97. The fourth-order valence-corrected chi connectivity index (χ4v) is 2.80. The van der Waals surface area contributed by atoms with Gasteiger partial charge < -0.3 is 15.2 Å². The van der Waals surface area contributed by atoms with Gasteiger partial charge in [-0.2, -0.15) is 0 Å². The molecule has 0 radical (unpaired) electrons. The lowest BCUT2D eigenvalue weighted by Gasteiger charge is -2.18. The van der Waals surface area contributed by atoms with E-state index in [0.29, 0.717) is 6.54 Å². The van der Waals surface area contributed by atoms with Crippen LogP contribution in [0.25, 0.3) is 11.1 Å². The Morgan fingerprint density at radius 2 is 1.37 bits per heavy atom. The molecule has 4 heteroatoms. The highest BCUT2D eigenvalue weighted by Crippen LogP contribution is 2.22. The third-order valence-corrected chi connectivity index (χ3v) is 4.36. The van der Waals surface area contributed by atoms with Gasteiger partial charge in [0.15, 0.2) is 0 Å². The summed E-state index contributed by atoms with van der Waals surface area (Å²) in [5.74, 6) is 0.764. The van der Waals surface area contributed by atoms with Crippen LogP contribution < -0.4 is 10.1 Å². The highest BCUT2D eigenvalue weighted by molar-refractivity contribution is 5.85. The van der Waals surface area contributed by atoms with E-state index >= 15 is 0 Å². The Hall–Kier alpha value is -2.33. The van der Waals surface area contributed by atoms with Gasteiger partial charge in [-0.25, -0.2) is 0 Å². The van der Waals surface area contributed by atoms with E-state index in [1.807, 2.05) is 60.7 Å².